The van der Waals surface area contributed by atoms with Gasteiger partial charge in [-0.25, -0.2) is 4.79 Å². The summed E-state index contributed by atoms with van der Waals surface area (Å²) in [6, 6.07) is 5.96. The molecule has 5 nitrogen and oxygen atoms in total. The summed E-state index contributed by atoms with van der Waals surface area (Å²) in [5.41, 5.74) is 3.32. The highest BCUT2D eigenvalue weighted by Crippen LogP contribution is 2.26. The number of guanidine groups is 1. The minimum Gasteiger partial charge on any atom is -0.359 e. The van der Waals surface area contributed by atoms with E-state index in [2.05, 4.69) is 41.6 Å². The Morgan fingerprint density at radius 3 is 2.20 bits per heavy atom. The van der Waals surface area contributed by atoms with Crippen molar-refractivity contribution >= 4 is 17.7 Å². The molecule has 0 unspecified atom stereocenters. The Kier molecular flexibility index (Phi) is 6.03. The highest BCUT2D eigenvalue weighted by atomic mass is 16.2. The van der Waals surface area contributed by atoms with E-state index in [1.54, 1.807) is 26.0 Å². The molecule has 2 amide bonds. The van der Waals surface area contributed by atoms with Crippen LogP contribution in [-0.2, 0) is 12.8 Å². The van der Waals surface area contributed by atoms with E-state index >= 15 is 0 Å². The number of rotatable bonds is 3. The number of carbonyl (C=O) groups excluding carboxylic acids is 1. The van der Waals surface area contributed by atoms with Crippen LogP contribution in [0.15, 0.2) is 23.2 Å². The smallest absolute Gasteiger partial charge is 0.328 e. The molecule has 0 radical (unpaired) electrons. The third kappa shape index (κ3) is 3.50. The topological polar surface area (TPSA) is 56.7 Å². The lowest BCUT2D eigenvalue weighted by Gasteiger charge is -2.24. The fourth-order valence-electron chi connectivity index (χ4n) is 2.16. The Morgan fingerprint density at radius 2 is 1.80 bits per heavy atom. The second-order valence-corrected chi connectivity index (χ2v) is 4.44. The predicted molar refractivity (Wildman–Crippen MR) is 84.6 cm³/mol. The number of aryl methyl sites for hydroxylation is 2. The maximum atomic E-state index is 12.3. The minimum atomic E-state index is -0.199. The van der Waals surface area contributed by atoms with E-state index in [-0.39, 0.29) is 6.03 Å². The Bertz CT molecular complexity index is 474. The molecule has 1 aromatic carbocycles. The maximum absolute atomic E-state index is 12.3. The van der Waals surface area contributed by atoms with Crippen LogP contribution in [0.2, 0.25) is 0 Å². The van der Waals surface area contributed by atoms with Crippen LogP contribution in [0.4, 0.5) is 10.5 Å². The fourth-order valence-corrected chi connectivity index (χ4v) is 2.16. The summed E-state index contributed by atoms with van der Waals surface area (Å²) >= 11 is 0. The molecule has 0 bridgehead atoms. The summed E-state index contributed by atoms with van der Waals surface area (Å²) in [7, 11) is 5.13. The first-order valence-corrected chi connectivity index (χ1v) is 6.88. The average molecular weight is 276 g/mol. The number of hydrogen-bond acceptors (Lipinski definition) is 2. The Balaban J connectivity index is 3.07. The van der Waals surface area contributed by atoms with E-state index in [0.717, 1.165) is 18.5 Å². The lowest BCUT2D eigenvalue weighted by atomic mass is 10.0. The largest absolute Gasteiger partial charge is 0.359 e. The maximum Gasteiger partial charge on any atom is 0.328 e. The molecule has 1 aromatic rings. The van der Waals surface area contributed by atoms with Crippen molar-refractivity contribution in [3.05, 3.63) is 29.3 Å². The number of nitrogens with one attached hydrogen (secondary N) is 2. The molecule has 0 aliphatic carbocycles. The fraction of sp³-hybridized carbons (Fsp3) is 0.467. The van der Waals surface area contributed by atoms with Gasteiger partial charge in [-0.05, 0) is 24.0 Å². The normalized spacial score (nSPS) is 11.2. The zero-order valence-corrected chi connectivity index (χ0v) is 12.9. The van der Waals surface area contributed by atoms with E-state index in [0.29, 0.717) is 5.96 Å². The monoisotopic (exact) mass is 276 g/mol. The van der Waals surface area contributed by atoms with Gasteiger partial charge >= 0.3 is 6.03 Å². The number of nitrogens with zero attached hydrogens (tertiary/aromatic N) is 2. The molecule has 0 saturated carbocycles. The molecular weight excluding hydrogens is 252 g/mol. The van der Waals surface area contributed by atoms with Gasteiger partial charge in [-0.1, -0.05) is 32.0 Å². The number of para-hydroxylation sites is 1. The van der Waals surface area contributed by atoms with Gasteiger partial charge in [0.15, 0.2) is 5.96 Å². The van der Waals surface area contributed by atoms with Crippen LogP contribution in [-0.4, -0.2) is 33.1 Å². The quantitative estimate of drug-likeness (QED) is 0.656. The van der Waals surface area contributed by atoms with Gasteiger partial charge in [-0.2, -0.15) is 0 Å². The van der Waals surface area contributed by atoms with Gasteiger partial charge in [0.25, 0.3) is 0 Å². The van der Waals surface area contributed by atoms with Crippen LogP contribution in [0.25, 0.3) is 0 Å². The van der Waals surface area contributed by atoms with Crippen molar-refractivity contribution in [2.24, 2.45) is 4.99 Å². The van der Waals surface area contributed by atoms with E-state index in [9.17, 15) is 4.79 Å². The second-order valence-electron chi connectivity index (χ2n) is 4.44. The lowest BCUT2D eigenvalue weighted by molar-refractivity contribution is 0.251. The van der Waals surface area contributed by atoms with E-state index < -0.39 is 0 Å². The molecule has 1 rings (SSSR count). The summed E-state index contributed by atoms with van der Waals surface area (Å²) < 4.78 is 0. The summed E-state index contributed by atoms with van der Waals surface area (Å²) in [5.74, 6) is 0.453. The minimum absolute atomic E-state index is 0.199. The lowest BCUT2D eigenvalue weighted by Crippen LogP contribution is -2.46. The summed E-state index contributed by atoms with van der Waals surface area (Å²) in [6.45, 7) is 4.19. The van der Waals surface area contributed by atoms with Gasteiger partial charge in [0.2, 0.25) is 0 Å². The number of carbonyl (C=O) groups is 1. The van der Waals surface area contributed by atoms with Crippen molar-refractivity contribution in [1.29, 1.82) is 0 Å². The Hall–Kier alpha value is -2.04. The van der Waals surface area contributed by atoms with Crippen LogP contribution >= 0.6 is 0 Å². The van der Waals surface area contributed by atoms with E-state index in [1.165, 1.54) is 11.1 Å². The van der Waals surface area contributed by atoms with Gasteiger partial charge in [0.1, 0.15) is 0 Å². The summed E-state index contributed by atoms with van der Waals surface area (Å²) in [6.07, 6.45) is 1.78. The predicted octanol–water partition coefficient (Wildman–Crippen LogP) is 2.16. The zero-order chi connectivity index (χ0) is 15.1. The summed E-state index contributed by atoms with van der Waals surface area (Å²) in [4.78, 5) is 17.9. The van der Waals surface area contributed by atoms with Gasteiger partial charge in [0.05, 0.1) is 5.69 Å². The molecule has 0 heterocycles. The molecule has 5 heteroatoms. The first-order chi connectivity index (χ1) is 9.58. The highest BCUT2D eigenvalue weighted by molar-refractivity contribution is 6.04. The van der Waals surface area contributed by atoms with Crippen molar-refractivity contribution in [2.75, 3.05) is 26.0 Å². The molecule has 0 aliphatic rings. The van der Waals surface area contributed by atoms with Crippen molar-refractivity contribution in [3.8, 4) is 0 Å². The van der Waals surface area contributed by atoms with Crippen LogP contribution in [0.3, 0.4) is 0 Å². The van der Waals surface area contributed by atoms with Crippen molar-refractivity contribution in [2.45, 2.75) is 26.7 Å². The molecule has 20 heavy (non-hydrogen) atoms. The molecule has 0 spiro atoms. The molecular formula is C15H24N4O. The Morgan fingerprint density at radius 1 is 1.25 bits per heavy atom. The van der Waals surface area contributed by atoms with Gasteiger partial charge < -0.3 is 5.32 Å². The standard InChI is InChI=1S/C15H24N4O/c1-6-11-9-8-10-12(7-2)13(11)19(5)15(20)18-14(16-3)17-4/h8-10H,6-7H2,1-5H3,(H2,16,17,18,20). The SMILES string of the molecule is CCc1cccc(CC)c1N(C)C(=O)NC(=NC)NC. The van der Waals surface area contributed by atoms with E-state index in [1.807, 2.05) is 6.07 Å². The molecule has 0 fully saturated rings. The van der Waals surface area contributed by atoms with Gasteiger partial charge in [0, 0.05) is 21.1 Å². The van der Waals surface area contributed by atoms with Crippen molar-refractivity contribution in [3.63, 3.8) is 0 Å². The number of hydrogen-bond donors (Lipinski definition) is 2. The number of amides is 2. The molecule has 0 aromatic heterocycles. The Labute approximate surface area is 121 Å². The van der Waals surface area contributed by atoms with Crippen LogP contribution in [0.1, 0.15) is 25.0 Å². The van der Waals surface area contributed by atoms with Crippen LogP contribution in [0, 0.1) is 0 Å². The number of aliphatic imine (C=N–C) groups is 1. The number of urea groups is 1. The number of benzene rings is 1. The molecule has 0 saturated heterocycles. The first-order valence-electron chi connectivity index (χ1n) is 6.88. The van der Waals surface area contributed by atoms with Crippen LogP contribution < -0.4 is 15.5 Å². The van der Waals surface area contributed by atoms with Gasteiger partial charge in [-0.3, -0.25) is 15.2 Å². The first kappa shape index (κ1) is 16.0. The molecule has 0 aliphatic heterocycles. The third-order valence-corrected chi connectivity index (χ3v) is 3.29. The molecule has 110 valence electrons. The van der Waals surface area contributed by atoms with Crippen molar-refractivity contribution < 1.29 is 4.79 Å². The van der Waals surface area contributed by atoms with E-state index in [4.69, 9.17) is 0 Å². The van der Waals surface area contributed by atoms with Crippen molar-refractivity contribution in [1.82, 2.24) is 10.6 Å². The zero-order valence-electron chi connectivity index (χ0n) is 12.9. The summed E-state index contributed by atoms with van der Waals surface area (Å²) in [5, 5.41) is 5.58. The van der Waals surface area contributed by atoms with Crippen LogP contribution in [0.5, 0.6) is 0 Å². The third-order valence-electron chi connectivity index (χ3n) is 3.29. The average Bonchev–Trinajstić information content (AvgIpc) is 2.50. The second kappa shape index (κ2) is 7.53. The molecule has 2 N–H and O–H groups in total. The number of anilines is 1. The highest BCUT2D eigenvalue weighted by Gasteiger charge is 2.17. The van der Waals surface area contributed by atoms with Gasteiger partial charge in [-0.15, -0.1) is 0 Å². The molecule has 0 atom stereocenters.